The maximum atomic E-state index is 4.21. The van der Waals surface area contributed by atoms with Crippen LogP contribution in [0, 0.1) is 10.6 Å². The second kappa shape index (κ2) is 3.01. The first-order valence-electron chi connectivity index (χ1n) is 3.10. The van der Waals surface area contributed by atoms with Crippen molar-refractivity contribution in [3.8, 4) is 0 Å². The van der Waals surface area contributed by atoms with Crippen molar-refractivity contribution < 1.29 is 0 Å². The van der Waals surface area contributed by atoms with E-state index in [0.717, 1.165) is 20.7 Å². The van der Waals surface area contributed by atoms with E-state index in [-0.39, 0.29) is 0 Å². The number of hydrogen-bond acceptors (Lipinski definition) is 4. The SMILES string of the molecule is Cc1nc(I)c2nnn(I)c2n1. The van der Waals surface area contributed by atoms with Gasteiger partial charge in [-0.3, -0.25) is 0 Å². The third kappa shape index (κ3) is 1.28. The van der Waals surface area contributed by atoms with Gasteiger partial charge >= 0.3 is 0 Å². The molecule has 0 spiro atoms. The normalized spacial score (nSPS) is 10.9. The molecule has 0 fully saturated rings. The lowest BCUT2D eigenvalue weighted by Crippen LogP contribution is -1.93. The molecule has 0 radical (unpaired) electrons. The Morgan fingerprint density at radius 3 is 2.83 bits per heavy atom. The highest BCUT2D eigenvalue weighted by Gasteiger charge is 2.09. The van der Waals surface area contributed by atoms with Gasteiger partial charge < -0.3 is 0 Å². The van der Waals surface area contributed by atoms with Crippen LogP contribution in [0.2, 0.25) is 0 Å². The summed E-state index contributed by atoms with van der Waals surface area (Å²) in [7, 11) is 0. The van der Waals surface area contributed by atoms with Crippen molar-refractivity contribution in [1.82, 2.24) is 23.2 Å². The van der Waals surface area contributed by atoms with Gasteiger partial charge in [-0.2, -0.15) is 2.90 Å². The molecule has 2 rings (SSSR count). The molecule has 0 aromatic carbocycles. The van der Waals surface area contributed by atoms with Crippen LogP contribution in [-0.2, 0) is 0 Å². The van der Waals surface area contributed by atoms with Gasteiger partial charge in [-0.1, -0.05) is 5.21 Å². The molecule has 0 amide bonds. The summed E-state index contributed by atoms with van der Waals surface area (Å²) in [4.78, 5) is 8.38. The molecule has 0 aliphatic rings. The van der Waals surface area contributed by atoms with E-state index < -0.39 is 0 Å². The number of fused-ring (bicyclic) bond motifs is 1. The minimum Gasteiger partial charge on any atom is -0.225 e. The van der Waals surface area contributed by atoms with E-state index in [2.05, 4.69) is 42.9 Å². The Morgan fingerprint density at radius 2 is 2.08 bits per heavy atom. The van der Waals surface area contributed by atoms with Crippen LogP contribution in [0.5, 0.6) is 0 Å². The highest BCUT2D eigenvalue weighted by molar-refractivity contribution is 14.1. The highest BCUT2D eigenvalue weighted by Crippen LogP contribution is 2.15. The first-order chi connectivity index (χ1) is 5.68. The van der Waals surface area contributed by atoms with E-state index >= 15 is 0 Å². The predicted molar refractivity (Wildman–Crippen MR) is 60.0 cm³/mol. The van der Waals surface area contributed by atoms with Crippen LogP contribution in [0.1, 0.15) is 5.82 Å². The Morgan fingerprint density at radius 1 is 1.33 bits per heavy atom. The van der Waals surface area contributed by atoms with Crippen molar-refractivity contribution in [2.45, 2.75) is 6.92 Å². The average Bonchev–Trinajstić information content (AvgIpc) is 2.33. The van der Waals surface area contributed by atoms with Crippen LogP contribution in [0.4, 0.5) is 0 Å². The van der Waals surface area contributed by atoms with Crippen molar-refractivity contribution in [2.75, 3.05) is 0 Å². The zero-order valence-electron chi connectivity index (χ0n) is 5.99. The zero-order valence-corrected chi connectivity index (χ0v) is 10.3. The van der Waals surface area contributed by atoms with Crippen LogP contribution in [-0.4, -0.2) is 23.2 Å². The largest absolute Gasteiger partial charge is 0.225 e. The van der Waals surface area contributed by atoms with Gasteiger partial charge in [0, 0.05) is 0 Å². The van der Waals surface area contributed by atoms with E-state index in [1.807, 2.05) is 29.8 Å². The second-order valence-electron chi connectivity index (χ2n) is 2.18. The van der Waals surface area contributed by atoms with Gasteiger partial charge in [-0.25, -0.2) is 9.97 Å². The monoisotopic (exact) mass is 387 g/mol. The molecule has 5 nitrogen and oxygen atoms in total. The van der Waals surface area contributed by atoms with E-state index in [9.17, 15) is 0 Å². The molecule has 2 aromatic heterocycles. The zero-order chi connectivity index (χ0) is 8.72. The Kier molecular flexibility index (Phi) is 2.14. The van der Waals surface area contributed by atoms with Crippen LogP contribution >= 0.6 is 45.5 Å². The Hall–Kier alpha value is -0.0600. The fourth-order valence-electron chi connectivity index (χ4n) is 0.859. The van der Waals surface area contributed by atoms with Crippen LogP contribution in [0.25, 0.3) is 11.2 Å². The fraction of sp³-hybridized carbons (Fsp3) is 0.200. The molecule has 0 bridgehead atoms. The first-order valence-corrected chi connectivity index (χ1v) is 5.14. The first kappa shape index (κ1) is 8.53. The van der Waals surface area contributed by atoms with Gasteiger partial charge in [0.25, 0.3) is 0 Å². The summed E-state index contributed by atoms with van der Waals surface area (Å²) in [6.07, 6.45) is 0. The number of nitrogens with zero attached hydrogens (tertiary/aromatic N) is 5. The fourth-order valence-corrected chi connectivity index (χ4v) is 1.99. The summed E-state index contributed by atoms with van der Waals surface area (Å²) < 4.78 is 2.46. The molecule has 0 atom stereocenters. The van der Waals surface area contributed by atoms with Crippen LogP contribution < -0.4 is 0 Å². The van der Waals surface area contributed by atoms with Crippen LogP contribution in [0.3, 0.4) is 0 Å². The number of rotatable bonds is 0. The molecule has 7 heteroatoms. The third-order valence-electron chi connectivity index (χ3n) is 1.33. The van der Waals surface area contributed by atoms with Crippen molar-refractivity contribution in [1.29, 1.82) is 0 Å². The highest BCUT2D eigenvalue weighted by atomic mass is 127. The molecule has 2 aromatic rings. The summed E-state index contributed by atoms with van der Waals surface area (Å²) in [6, 6.07) is 0. The third-order valence-corrected chi connectivity index (χ3v) is 2.73. The molecule has 62 valence electrons. The Bertz CT molecular complexity index is 437. The van der Waals surface area contributed by atoms with Gasteiger partial charge in [0.2, 0.25) is 0 Å². The van der Waals surface area contributed by atoms with Gasteiger partial charge in [0.05, 0.1) is 22.9 Å². The minimum atomic E-state index is 0.743. The predicted octanol–water partition coefficient (Wildman–Crippen LogP) is 1.33. The lowest BCUT2D eigenvalue weighted by molar-refractivity contribution is 0.931. The summed E-state index contributed by atoms with van der Waals surface area (Å²) in [5.74, 6) is 0.743. The van der Waals surface area contributed by atoms with Gasteiger partial charge in [0.15, 0.2) is 11.2 Å². The van der Waals surface area contributed by atoms with Crippen molar-refractivity contribution >= 4 is 56.6 Å². The quantitative estimate of drug-likeness (QED) is 0.506. The molecule has 0 saturated carbocycles. The molecule has 0 unspecified atom stereocenters. The summed E-state index contributed by atoms with van der Waals surface area (Å²) in [6.45, 7) is 1.85. The standard InChI is InChI=1S/C5H3I2N5/c1-2-8-4(6)3-5(9-2)12(7)11-10-3/h1H3. The van der Waals surface area contributed by atoms with Gasteiger partial charge in [-0.15, -0.1) is 5.10 Å². The van der Waals surface area contributed by atoms with E-state index in [0.29, 0.717) is 0 Å². The Balaban J connectivity index is 2.92. The van der Waals surface area contributed by atoms with E-state index in [1.54, 1.807) is 2.90 Å². The van der Waals surface area contributed by atoms with Crippen molar-refractivity contribution in [2.24, 2.45) is 0 Å². The molecule has 2 heterocycles. The van der Waals surface area contributed by atoms with Gasteiger partial charge in [0.1, 0.15) is 9.53 Å². The van der Waals surface area contributed by atoms with Gasteiger partial charge in [-0.05, 0) is 29.5 Å². The number of aryl methyl sites for hydroxylation is 1. The maximum Gasteiger partial charge on any atom is 0.193 e. The van der Waals surface area contributed by atoms with Crippen molar-refractivity contribution in [3.63, 3.8) is 0 Å². The van der Waals surface area contributed by atoms with E-state index in [4.69, 9.17) is 0 Å². The topological polar surface area (TPSA) is 56.5 Å². The second-order valence-corrected chi connectivity index (χ2v) is 4.12. The molecule has 0 aliphatic carbocycles. The smallest absolute Gasteiger partial charge is 0.193 e. The lowest BCUT2D eigenvalue weighted by atomic mass is 10.5. The molecular formula is C5H3I2N5. The summed E-state index contributed by atoms with van der Waals surface area (Å²) >= 11 is 4.16. The van der Waals surface area contributed by atoms with Crippen molar-refractivity contribution in [3.05, 3.63) is 9.53 Å². The summed E-state index contributed by atoms with van der Waals surface area (Å²) in [5, 5.41) is 7.78. The van der Waals surface area contributed by atoms with E-state index in [1.165, 1.54) is 0 Å². The molecule has 0 saturated heterocycles. The number of aromatic nitrogens is 5. The van der Waals surface area contributed by atoms with Crippen LogP contribution in [0.15, 0.2) is 0 Å². The number of hydrogen-bond donors (Lipinski definition) is 0. The lowest BCUT2D eigenvalue weighted by Gasteiger charge is -1.93. The Labute approximate surface area is 95.6 Å². The summed E-state index contributed by atoms with van der Waals surface area (Å²) in [5.41, 5.74) is 1.53. The molecule has 0 N–H and O–H groups in total. The minimum absolute atomic E-state index is 0.743. The molecular weight excluding hydrogens is 384 g/mol. The molecule has 12 heavy (non-hydrogen) atoms. The maximum absolute atomic E-state index is 4.21. The average molecular weight is 387 g/mol. The number of halogens is 2. The molecule has 0 aliphatic heterocycles.